The smallest absolute Gasteiger partial charge is 0.248 e. The molecule has 1 aromatic heterocycles. The van der Waals surface area contributed by atoms with E-state index in [0.717, 1.165) is 16.8 Å². The monoisotopic (exact) mass is 460 g/mol. The predicted molar refractivity (Wildman–Crippen MR) is 109 cm³/mol. The second kappa shape index (κ2) is 8.32. The van der Waals surface area contributed by atoms with Crippen molar-refractivity contribution in [2.45, 2.75) is 17.7 Å². The first-order valence-electron chi connectivity index (χ1n) is 8.18. The molecule has 2 aromatic carbocycles. The van der Waals surface area contributed by atoms with Crippen LogP contribution in [0.4, 0.5) is 4.39 Å². The molecular weight excluding hydrogens is 446 g/mol. The minimum atomic E-state index is -3.58. The molecule has 28 heavy (non-hydrogen) atoms. The van der Waals surface area contributed by atoms with Crippen LogP contribution >= 0.6 is 34.5 Å². The van der Waals surface area contributed by atoms with E-state index < -0.39 is 21.6 Å². The molecule has 1 amide bonds. The minimum Gasteiger partial charge on any atom is -0.318 e. The molecule has 0 unspecified atom stereocenters. The number of nitrogens with zero attached hydrogens (tertiary/aromatic N) is 2. The molecule has 0 spiro atoms. The highest BCUT2D eigenvalue weighted by atomic mass is 35.5. The van der Waals surface area contributed by atoms with Gasteiger partial charge in [0.25, 0.3) is 0 Å². The van der Waals surface area contributed by atoms with Gasteiger partial charge in [-0.1, -0.05) is 34.5 Å². The molecule has 0 saturated heterocycles. The summed E-state index contributed by atoms with van der Waals surface area (Å²) in [7, 11) is -1.85. The Morgan fingerprint density at radius 3 is 2.54 bits per heavy atom. The Kier molecular flexibility index (Phi) is 6.24. The van der Waals surface area contributed by atoms with E-state index >= 15 is 0 Å². The lowest BCUT2D eigenvalue weighted by molar-refractivity contribution is -0.118. The molecule has 3 rings (SSSR count). The van der Waals surface area contributed by atoms with E-state index in [0.29, 0.717) is 20.4 Å². The fourth-order valence-corrected chi connectivity index (χ4v) is 5.47. The number of hydrogen-bond donors (Lipinski definition) is 0. The Morgan fingerprint density at radius 1 is 1.18 bits per heavy atom. The van der Waals surface area contributed by atoms with E-state index in [-0.39, 0.29) is 23.5 Å². The van der Waals surface area contributed by atoms with Crippen molar-refractivity contribution in [2.24, 2.45) is 12.0 Å². The van der Waals surface area contributed by atoms with E-state index in [9.17, 15) is 17.6 Å². The van der Waals surface area contributed by atoms with Crippen LogP contribution in [0.15, 0.2) is 46.3 Å². The van der Waals surface area contributed by atoms with Crippen molar-refractivity contribution in [3.05, 3.63) is 57.1 Å². The maximum Gasteiger partial charge on any atom is 0.248 e. The number of amides is 1. The van der Waals surface area contributed by atoms with Crippen LogP contribution < -0.4 is 4.80 Å². The lowest BCUT2D eigenvalue weighted by Crippen LogP contribution is -2.14. The Hall–Kier alpha value is -1.74. The van der Waals surface area contributed by atoms with Gasteiger partial charge in [-0.25, -0.2) is 12.8 Å². The Bertz CT molecular complexity index is 1220. The van der Waals surface area contributed by atoms with E-state index in [4.69, 9.17) is 23.2 Å². The van der Waals surface area contributed by atoms with Crippen LogP contribution in [-0.2, 0) is 21.7 Å². The summed E-state index contributed by atoms with van der Waals surface area (Å²) in [6.07, 6.45) is 0.0897. The lowest BCUT2D eigenvalue weighted by Gasteiger charge is -2.03. The van der Waals surface area contributed by atoms with Gasteiger partial charge in [-0.2, -0.15) is 4.99 Å². The number of fused-ring (bicyclic) bond motifs is 1. The standard InChI is InChI=1S/C18H15Cl2FN2O3S2/c1-23-17-14(9-8-13(19)16(17)20)27-18(23)22-15(24)3-2-10-28(25,26)12-6-4-11(21)5-7-12/h4-9H,2-3,10H2,1H3. The van der Waals surface area contributed by atoms with E-state index in [2.05, 4.69) is 4.99 Å². The van der Waals surface area contributed by atoms with Crippen LogP contribution in [0, 0.1) is 5.82 Å². The van der Waals surface area contributed by atoms with Gasteiger partial charge in [0.05, 0.1) is 30.9 Å². The third-order valence-corrected chi connectivity index (χ3v) is 7.76. The molecular formula is C18H15Cl2FN2O3S2. The van der Waals surface area contributed by atoms with Gasteiger partial charge in [0.15, 0.2) is 14.6 Å². The number of aryl methyl sites for hydroxylation is 1. The zero-order valence-electron chi connectivity index (χ0n) is 14.7. The second-order valence-electron chi connectivity index (χ2n) is 6.03. The number of benzene rings is 2. The van der Waals surface area contributed by atoms with Gasteiger partial charge in [0, 0.05) is 13.5 Å². The van der Waals surface area contributed by atoms with Gasteiger partial charge < -0.3 is 4.57 Å². The summed E-state index contributed by atoms with van der Waals surface area (Å²) in [5.41, 5.74) is 0.685. The third-order valence-electron chi connectivity index (χ3n) is 4.05. The van der Waals surface area contributed by atoms with Gasteiger partial charge in [-0.15, -0.1) is 0 Å². The first kappa shape index (κ1) is 21.0. The number of hydrogen-bond acceptors (Lipinski definition) is 4. The Labute approximate surface area is 175 Å². The molecule has 0 aliphatic rings. The first-order chi connectivity index (χ1) is 13.2. The van der Waals surface area contributed by atoms with Crippen molar-refractivity contribution in [3.63, 3.8) is 0 Å². The third kappa shape index (κ3) is 4.46. The number of thiazole rings is 1. The Balaban J connectivity index is 1.72. The van der Waals surface area contributed by atoms with Gasteiger partial charge in [-0.05, 0) is 42.8 Å². The highest BCUT2D eigenvalue weighted by Gasteiger charge is 2.15. The molecule has 0 fully saturated rings. The molecule has 10 heteroatoms. The molecule has 148 valence electrons. The van der Waals surface area contributed by atoms with Gasteiger partial charge >= 0.3 is 0 Å². The summed E-state index contributed by atoms with van der Waals surface area (Å²) in [4.78, 5) is 16.7. The van der Waals surface area contributed by atoms with Crippen LogP contribution in [0.25, 0.3) is 10.2 Å². The molecule has 0 bridgehead atoms. The highest BCUT2D eigenvalue weighted by Crippen LogP contribution is 2.31. The number of carbonyl (C=O) groups excluding carboxylic acids is 1. The summed E-state index contributed by atoms with van der Waals surface area (Å²) >= 11 is 13.5. The highest BCUT2D eigenvalue weighted by molar-refractivity contribution is 7.91. The molecule has 5 nitrogen and oxygen atoms in total. The van der Waals surface area contributed by atoms with E-state index in [1.54, 1.807) is 23.7 Å². The zero-order valence-corrected chi connectivity index (χ0v) is 17.8. The van der Waals surface area contributed by atoms with Crippen LogP contribution in [0.5, 0.6) is 0 Å². The molecule has 0 N–H and O–H groups in total. The largest absolute Gasteiger partial charge is 0.318 e. The SMILES string of the molecule is Cn1c(=NC(=O)CCCS(=O)(=O)c2ccc(F)cc2)sc2ccc(Cl)c(Cl)c21. The summed E-state index contributed by atoms with van der Waals surface area (Å²) in [5, 5.41) is 0.795. The molecule has 0 aliphatic carbocycles. The van der Waals surface area contributed by atoms with Crippen molar-refractivity contribution in [3.8, 4) is 0 Å². The van der Waals surface area contributed by atoms with Gasteiger partial charge in [-0.3, -0.25) is 4.79 Å². The van der Waals surface area contributed by atoms with Crippen molar-refractivity contribution >= 4 is 60.5 Å². The summed E-state index contributed by atoms with van der Waals surface area (Å²) in [6, 6.07) is 8.08. The quantitative estimate of drug-likeness (QED) is 0.530. The summed E-state index contributed by atoms with van der Waals surface area (Å²) < 4.78 is 39.9. The molecule has 3 aromatic rings. The summed E-state index contributed by atoms with van der Waals surface area (Å²) in [5.74, 6) is -1.16. The maximum atomic E-state index is 12.9. The lowest BCUT2D eigenvalue weighted by atomic mass is 10.3. The topological polar surface area (TPSA) is 68.5 Å². The van der Waals surface area contributed by atoms with Crippen molar-refractivity contribution in [1.82, 2.24) is 4.57 Å². The number of aromatic nitrogens is 1. The molecule has 0 saturated carbocycles. The van der Waals surface area contributed by atoms with E-state index in [1.165, 1.54) is 23.5 Å². The second-order valence-corrected chi connectivity index (χ2v) is 9.94. The van der Waals surface area contributed by atoms with Crippen LogP contribution in [-0.4, -0.2) is 24.6 Å². The molecule has 0 aliphatic heterocycles. The van der Waals surface area contributed by atoms with Crippen molar-refractivity contribution in [1.29, 1.82) is 0 Å². The fraction of sp³-hybridized carbons (Fsp3) is 0.222. The fourth-order valence-electron chi connectivity index (χ4n) is 2.61. The van der Waals surface area contributed by atoms with Gasteiger partial charge in [0.2, 0.25) is 5.91 Å². The minimum absolute atomic E-state index is 0.0246. The summed E-state index contributed by atoms with van der Waals surface area (Å²) in [6.45, 7) is 0. The first-order valence-corrected chi connectivity index (χ1v) is 11.4. The van der Waals surface area contributed by atoms with Crippen molar-refractivity contribution in [2.75, 3.05) is 5.75 Å². The molecule has 0 atom stereocenters. The number of carbonyl (C=O) groups is 1. The van der Waals surface area contributed by atoms with E-state index in [1.807, 2.05) is 0 Å². The van der Waals surface area contributed by atoms with Gasteiger partial charge in [0.1, 0.15) is 5.82 Å². The maximum absolute atomic E-state index is 12.9. The average molecular weight is 461 g/mol. The predicted octanol–water partition coefficient (Wildman–Crippen LogP) is 4.37. The van der Waals surface area contributed by atoms with Crippen LogP contribution in [0.1, 0.15) is 12.8 Å². The van der Waals surface area contributed by atoms with Crippen LogP contribution in [0.3, 0.4) is 0 Å². The average Bonchev–Trinajstić information content (AvgIpc) is 2.95. The normalized spacial score (nSPS) is 12.6. The number of sulfone groups is 1. The van der Waals surface area contributed by atoms with Crippen LogP contribution in [0.2, 0.25) is 10.0 Å². The Morgan fingerprint density at radius 2 is 1.86 bits per heavy atom. The zero-order chi connectivity index (χ0) is 20.5. The number of rotatable bonds is 5. The molecule has 1 heterocycles. The number of halogens is 3. The van der Waals surface area contributed by atoms with Crippen molar-refractivity contribution < 1.29 is 17.6 Å². The molecule has 0 radical (unpaired) electrons.